The second-order valence-corrected chi connectivity index (χ2v) is 7.54. The maximum absolute atomic E-state index is 12.5. The highest BCUT2D eigenvalue weighted by atomic mass is 35.5. The van der Waals surface area contributed by atoms with Gasteiger partial charge in [0.2, 0.25) is 0 Å². The van der Waals surface area contributed by atoms with Crippen LogP contribution < -0.4 is 11.1 Å². The van der Waals surface area contributed by atoms with E-state index in [4.69, 9.17) is 10.8 Å². The number of halogens is 1. The second kappa shape index (κ2) is 9.95. The van der Waals surface area contributed by atoms with Crippen molar-refractivity contribution in [3.63, 3.8) is 0 Å². The largest absolute Gasteiger partial charge is 0.481 e. The van der Waals surface area contributed by atoms with Gasteiger partial charge in [0, 0.05) is 25.7 Å². The van der Waals surface area contributed by atoms with Crippen LogP contribution in [0.4, 0.5) is 4.79 Å². The molecule has 0 atom stereocenters. The third-order valence-electron chi connectivity index (χ3n) is 5.87. The molecular formula is C20H30ClN3O3. The molecule has 1 heterocycles. The van der Waals surface area contributed by atoms with Crippen LogP contribution >= 0.6 is 12.4 Å². The van der Waals surface area contributed by atoms with Gasteiger partial charge in [0.1, 0.15) is 0 Å². The Morgan fingerprint density at radius 1 is 1.04 bits per heavy atom. The number of rotatable bonds is 4. The van der Waals surface area contributed by atoms with E-state index < -0.39 is 5.97 Å². The van der Waals surface area contributed by atoms with E-state index in [0.29, 0.717) is 25.3 Å². The van der Waals surface area contributed by atoms with Gasteiger partial charge in [0.15, 0.2) is 0 Å². The van der Waals surface area contributed by atoms with Gasteiger partial charge in [0.05, 0.1) is 5.92 Å². The first-order chi connectivity index (χ1) is 12.6. The summed E-state index contributed by atoms with van der Waals surface area (Å²) in [6.07, 6.45) is 4.77. The average molecular weight is 396 g/mol. The first-order valence-electron chi connectivity index (χ1n) is 9.64. The molecule has 7 heteroatoms. The van der Waals surface area contributed by atoms with Crippen molar-refractivity contribution < 1.29 is 14.7 Å². The van der Waals surface area contributed by atoms with Gasteiger partial charge in [-0.15, -0.1) is 12.4 Å². The van der Waals surface area contributed by atoms with Crippen molar-refractivity contribution in [1.82, 2.24) is 10.2 Å². The van der Waals surface area contributed by atoms with Gasteiger partial charge < -0.3 is 21.1 Å². The quantitative estimate of drug-likeness (QED) is 0.729. The highest BCUT2D eigenvalue weighted by molar-refractivity contribution is 5.85. The zero-order valence-corrected chi connectivity index (χ0v) is 16.4. The normalized spacial score (nSPS) is 23.4. The number of carboxylic acids is 1. The molecule has 0 aromatic heterocycles. The minimum atomic E-state index is -0.712. The Balaban J connectivity index is 0.00000261. The van der Waals surface area contributed by atoms with Crippen molar-refractivity contribution in [2.45, 2.75) is 57.0 Å². The van der Waals surface area contributed by atoms with Crippen molar-refractivity contribution in [3.8, 4) is 0 Å². The molecule has 2 amide bonds. The summed E-state index contributed by atoms with van der Waals surface area (Å²) in [5.41, 5.74) is 8.12. The number of amides is 2. The Morgan fingerprint density at radius 3 is 2.15 bits per heavy atom. The number of carbonyl (C=O) groups excluding carboxylic acids is 1. The van der Waals surface area contributed by atoms with Crippen LogP contribution in [0.25, 0.3) is 0 Å². The zero-order chi connectivity index (χ0) is 18.5. The van der Waals surface area contributed by atoms with Gasteiger partial charge in [-0.25, -0.2) is 4.79 Å². The van der Waals surface area contributed by atoms with Crippen LogP contribution in [-0.2, 0) is 11.3 Å². The summed E-state index contributed by atoms with van der Waals surface area (Å²) in [7, 11) is 0. The molecule has 6 nitrogen and oxygen atoms in total. The molecule has 1 saturated carbocycles. The molecule has 0 bridgehead atoms. The van der Waals surface area contributed by atoms with Crippen molar-refractivity contribution in [2.24, 2.45) is 11.7 Å². The summed E-state index contributed by atoms with van der Waals surface area (Å²) in [6.45, 7) is 2.09. The fourth-order valence-corrected chi connectivity index (χ4v) is 4.09. The van der Waals surface area contributed by atoms with E-state index in [1.807, 2.05) is 4.90 Å². The minimum absolute atomic E-state index is 0. The maximum Gasteiger partial charge on any atom is 0.317 e. The zero-order valence-electron chi connectivity index (χ0n) is 15.6. The number of carbonyl (C=O) groups is 2. The molecule has 4 N–H and O–H groups in total. The van der Waals surface area contributed by atoms with Crippen LogP contribution in [0.1, 0.15) is 55.6 Å². The number of nitrogens with zero attached hydrogens (tertiary/aromatic N) is 1. The molecule has 1 saturated heterocycles. The van der Waals surface area contributed by atoms with Crippen LogP contribution in [-0.4, -0.2) is 41.1 Å². The van der Waals surface area contributed by atoms with E-state index in [1.165, 1.54) is 5.56 Å². The van der Waals surface area contributed by atoms with Crippen LogP contribution in [0.5, 0.6) is 0 Å². The minimum Gasteiger partial charge on any atom is -0.481 e. The van der Waals surface area contributed by atoms with Crippen LogP contribution in [0.3, 0.4) is 0 Å². The number of urea groups is 1. The number of benzene rings is 1. The number of nitrogens with two attached hydrogens (primary N) is 1. The summed E-state index contributed by atoms with van der Waals surface area (Å²) in [5.74, 6) is -0.460. The summed E-state index contributed by atoms with van der Waals surface area (Å²) < 4.78 is 0. The molecule has 1 aliphatic heterocycles. The Bertz CT molecular complexity index is 622. The van der Waals surface area contributed by atoms with Crippen molar-refractivity contribution >= 4 is 24.4 Å². The molecule has 150 valence electrons. The molecule has 2 aliphatic rings. The Hall–Kier alpha value is -1.79. The van der Waals surface area contributed by atoms with E-state index in [2.05, 4.69) is 29.6 Å². The lowest BCUT2D eigenvalue weighted by Crippen LogP contribution is -2.48. The first kappa shape index (κ1) is 21.5. The fourth-order valence-electron chi connectivity index (χ4n) is 4.09. The topological polar surface area (TPSA) is 95.7 Å². The maximum atomic E-state index is 12.5. The average Bonchev–Trinajstić information content (AvgIpc) is 2.68. The molecule has 1 aliphatic carbocycles. The number of piperidine rings is 1. The lowest BCUT2D eigenvalue weighted by atomic mass is 9.86. The SMILES string of the molecule is Cl.NCc1ccc(C2CCN(C(=O)N[C@H]3CC[C@H](C(=O)O)CC3)CC2)cc1. The fraction of sp³-hybridized carbons (Fsp3) is 0.600. The van der Waals surface area contributed by atoms with Gasteiger partial charge in [-0.2, -0.15) is 0 Å². The second-order valence-electron chi connectivity index (χ2n) is 7.54. The van der Waals surface area contributed by atoms with Gasteiger partial charge >= 0.3 is 12.0 Å². The van der Waals surface area contributed by atoms with Gasteiger partial charge in [0.25, 0.3) is 0 Å². The van der Waals surface area contributed by atoms with Crippen LogP contribution in [0.2, 0.25) is 0 Å². The highest BCUT2D eigenvalue weighted by Crippen LogP contribution is 2.29. The Labute approximate surface area is 166 Å². The number of carboxylic acid groups (broad SMARTS) is 1. The molecular weight excluding hydrogens is 366 g/mol. The molecule has 1 aromatic carbocycles. The summed E-state index contributed by atoms with van der Waals surface area (Å²) in [5, 5.41) is 12.2. The third-order valence-corrected chi connectivity index (χ3v) is 5.87. The predicted octanol–water partition coefficient (Wildman–Crippen LogP) is 3.10. The number of hydrogen-bond acceptors (Lipinski definition) is 3. The van der Waals surface area contributed by atoms with E-state index in [9.17, 15) is 9.59 Å². The summed E-state index contributed by atoms with van der Waals surface area (Å²) in [6, 6.07) is 8.59. The third kappa shape index (κ3) is 5.59. The van der Waals surface area contributed by atoms with E-state index in [1.54, 1.807) is 0 Å². The van der Waals surface area contributed by atoms with Crippen molar-refractivity contribution in [1.29, 1.82) is 0 Å². The monoisotopic (exact) mass is 395 g/mol. The standard InChI is InChI=1S/C20H29N3O3.ClH/c21-13-14-1-3-15(4-2-14)16-9-11-23(12-10-16)20(26)22-18-7-5-17(6-8-18)19(24)25;/h1-4,16-18H,5-13,21H2,(H,22,26)(H,24,25);1H/t17-,18-;. The number of nitrogens with one attached hydrogen (secondary N) is 1. The number of aliphatic carboxylic acids is 1. The predicted molar refractivity (Wildman–Crippen MR) is 107 cm³/mol. The molecule has 2 fully saturated rings. The lowest BCUT2D eigenvalue weighted by Gasteiger charge is -2.34. The van der Waals surface area contributed by atoms with Crippen molar-refractivity contribution in [3.05, 3.63) is 35.4 Å². The van der Waals surface area contributed by atoms with Crippen LogP contribution in [0.15, 0.2) is 24.3 Å². The van der Waals surface area contributed by atoms with E-state index >= 15 is 0 Å². The Morgan fingerprint density at radius 2 is 1.63 bits per heavy atom. The van der Waals surface area contributed by atoms with Gasteiger partial charge in [-0.05, 0) is 55.6 Å². The molecule has 0 unspecified atom stereocenters. The number of hydrogen-bond donors (Lipinski definition) is 3. The Kier molecular flexibility index (Phi) is 7.92. The van der Waals surface area contributed by atoms with Crippen molar-refractivity contribution in [2.75, 3.05) is 13.1 Å². The van der Waals surface area contributed by atoms with E-state index in [0.717, 1.165) is 44.3 Å². The molecule has 3 rings (SSSR count). The molecule has 0 radical (unpaired) electrons. The lowest BCUT2D eigenvalue weighted by molar-refractivity contribution is -0.142. The molecule has 1 aromatic rings. The highest BCUT2D eigenvalue weighted by Gasteiger charge is 2.29. The molecule has 27 heavy (non-hydrogen) atoms. The van der Waals surface area contributed by atoms with Gasteiger partial charge in [-0.1, -0.05) is 24.3 Å². The van der Waals surface area contributed by atoms with Gasteiger partial charge in [-0.3, -0.25) is 4.79 Å². The van der Waals surface area contributed by atoms with E-state index in [-0.39, 0.29) is 30.4 Å². The number of likely N-dealkylation sites (tertiary alicyclic amines) is 1. The van der Waals surface area contributed by atoms with Crippen LogP contribution in [0, 0.1) is 5.92 Å². The first-order valence-corrected chi connectivity index (χ1v) is 9.64. The summed E-state index contributed by atoms with van der Waals surface area (Å²) >= 11 is 0. The summed E-state index contributed by atoms with van der Waals surface area (Å²) in [4.78, 5) is 25.4. The molecule has 0 spiro atoms. The smallest absolute Gasteiger partial charge is 0.317 e.